The zero-order chi connectivity index (χ0) is 21.2. The van der Waals surface area contributed by atoms with Crippen molar-refractivity contribution >= 4 is 17.9 Å². The second-order valence-electron chi connectivity index (χ2n) is 5.61. The Morgan fingerprint density at radius 1 is 0.655 bits per heavy atom. The number of aromatic carboxylic acids is 2. The second-order valence-corrected chi connectivity index (χ2v) is 5.61. The largest absolute Gasteiger partial charge is 0.478 e. The summed E-state index contributed by atoms with van der Waals surface area (Å²) in [6.45, 7) is 1.22. The van der Waals surface area contributed by atoms with Gasteiger partial charge in [0.2, 0.25) is 0 Å². The van der Waals surface area contributed by atoms with E-state index in [2.05, 4.69) is 4.74 Å². The van der Waals surface area contributed by atoms with Crippen LogP contribution in [0.15, 0.2) is 78.9 Å². The average molecular weight is 394 g/mol. The van der Waals surface area contributed by atoms with E-state index in [0.29, 0.717) is 11.5 Å². The molecule has 7 heteroatoms. The van der Waals surface area contributed by atoms with Gasteiger partial charge in [-0.3, -0.25) is 4.79 Å². The zero-order valence-corrected chi connectivity index (χ0v) is 15.4. The number of hydrogen-bond donors (Lipinski definition) is 2. The molecule has 0 amide bonds. The molecule has 7 nitrogen and oxygen atoms in total. The van der Waals surface area contributed by atoms with Crippen LogP contribution >= 0.6 is 0 Å². The third-order valence-corrected chi connectivity index (χ3v) is 3.46. The third-order valence-electron chi connectivity index (χ3n) is 3.46. The van der Waals surface area contributed by atoms with Crippen molar-refractivity contribution in [2.45, 2.75) is 6.92 Å². The van der Waals surface area contributed by atoms with E-state index in [1.54, 1.807) is 42.5 Å². The lowest BCUT2D eigenvalue weighted by Crippen LogP contribution is -2.06. The van der Waals surface area contributed by atoms with Crippen LogP contribution < -0.4 is 9.47 Å². The number of carbonyl (C=O) groups excluding carboxylic acids is 1. The van der Waals surface area contributed by atoms with Crippen LogP contribution in [-0.4, -0.2) is 28.1 Å². The molecule has 0 unspecified atom stereocenters. The number of carbonyl (C=O) groups is 3. The van der Waals surface area contributed by atoms with Crippen LogP contribution in [0.5, 0.6) is 17.2 Å². The van der Waals surface area contributed by atoms with Gasteiger partial charge in [0.15, 0.2) is 0 Å². The van der Waals surface area contributed by atoms with E-state index >= 15 is 0 Å². The lowest BCUT2D eigenvalue weighted by Gasteiger charge is -2.07. The van der Waals surface area contributed by atoms with Crippen LogP contribution in [-0.2, 0) is 4.79 Å². The molecule has 3 aromatic carbocycles. The number of para-hydroxylation sites is 3. The maximum atomic E-state index is 10.9. The Morgan fingerprint density at radius 2 is 1.10 bits per heavy atom. The summed E-state index contributed by atoms with van der Waals surface area (Å²) in [5.41, 5.74) is 0.143. The minimum absolute atomic E-state index is 0.0160. The first-order valence-corrected chi connectivity index (χ1v) is 8.44. The van der Waals surface area contributed by atoms with Crippen molar-refractivity contribution in [1.82, 2.24) is 0 Å². The van der Waals surface area contributed by atoms with E-state index in [-0.39, 0.29) is 16.9 Å². The molecule has 0 spiro atoms. The van der Waals surface area contributed by atoms with Crippen molar-refractivity contribution < 1.29 is 34.1 Å². The van der Waals surface area contributed by atoms with Crippen LogP contribution in [0.25, 0.3) is 0 Å². The summed E-state index contributed by atoms with van der Waals surface area (Å²) >= 11 is 0. The smallest absolute Gasteiger partial charge is 0.339 e. The van der Waals surface area contributed by atoms with Crippen LogP contribution in [0.1, 0.15) is 27.6 Å². The van der Waals surface area contributed by atoms with Crippen molar-refractivity contribution in [3.05, 3.63) is 90.0 Å². The van der Waals surface area contributed by atoms with Gasteiger partial charge >= 0.3 is 17.9 Å². The van der Waals surface area contributed by atoms with Gasteiger partial charge in [-0.25, -0.2) is 9.59 Å². The Hall–Kier alpha value is -4.13. The summed E-state index contributed by atoms with van der Waals surface area (Å²) in [6, 6.07) is 21.6. The van der Waals surface area contributed by atoms with Gasteiger partial charge < -0.3 is 19.7 Å². The van der Waals surface area contributed by atoms with E-state index in [0.717, 1.165) is 0 Å². The Labute approximate surface area is 166 Å². The van der Waals surface area contributed by atoms with Gasteiger partial charge in [0.25, 0.3) is 0 Å². The van der Waals surface area contributed by atoms with Gasteiger partial charge in [-0.15, -0.1) is 0 Å². The van der Waals surface area contributed by atoms with Gasteiger partial charge in [-0.1, -0.05) is 42.5 Å². The van der Waals surface area contributed by atoms with Gasteiger partial charge in [-0.05, 0) is 36.4 Å². The molecule has 0 fully saturated rings. The fourth-order valence-corrected chi connectivity index (χ4v) is 2.23. The molecule has 0 radical (unpaired) electrons. The molecule has 0 atom stereocenters. The van der Waals surface area contributed by atoms with E-state index in [1.807, 2.05) is 18.2 Å². The molecule has 3 rings (SSSR count). The van der Waals surface area contributed by atoms with Crippen molar-refractivity contribution in [2.75, 3.05) is 0 Å². The molecule has 3 aromatic rings. The monoisotopic (exact) mass is 394 g/mol. The zero-order valence-electron chi connectivity index (χ0n) is 15.4. The predicted molar refractivity (Wildman–Crippen MR) is 105 cm³/mol. The predicted octanol–water partition coefficient (Wildman–Crippen LogP) is 4.49. The first-order chi connectivity index (χ1) is 13.9. The molecule has 0 saturated heterocycles. The molecule has 29 heavy (non-hydrogen) atoms. The number of carboxylic acid groups (broad SMARTS) is 2. The number of carboxylic acids is 2. The van der Waals surface area contributed by atoms with Crippen molar-refractivity contribution in [1.29, 1.82) is 0 Å². The summed E-state index contributed by atoms with van der Waals surface area (Å²) in [5, 5.41) is 17.7. The number of hydrogen-bond acceptors (Lipinski definition) is 5. The Bertz CT molecular complexity index is 997. The Morgan fingerprint density at radius 3 is 1.62 bits per heavy atom. The Balaban J connectivity index is 0.000000212. The van der Waals surface area contributed by atoms with Gasteiger partial charge in [0, 0.05) is 6.92 Å². The molecular formula is C22H18O7. The number of esters is 1. The van der Waals surface area contributed by atoms with Crippen molar-refractivity contribution in [3.8, 4) is 17.2 Å². The van der Waals surface area contributed by atoms with E-state index in [1.165, 1.54) is 25.1 Å². The van der Waals surface area contributed by atoms with Crippen molar-refractivity contribution in [3.63, 3.8) is 0 Å². The Kier molecular flexibility index (Phi) is 7.50. The molecule has 0 bridgehead atoms. The molecule has 0 heterocycles. The summed E-state index contributed by atoms with van der Waals surface area (Å²) < 4.78 is 10.2. The maximum absolute atomic E-state index is 10.9. The maximum Gasteiger partial charge on any atom is 0.339 e. The fourth-order valence-electron chi connectivity index (χ4n) is 2.23. The summed E-state index contributed by atoms with van der Waals surface area (Å²) in [6.07, 6.45) is 0. The average Bonchev–Trinajstić information content (AvgIpc) is 2.69. The standard InChI is InChI=1S/C13H10O3.C9H8O4/c14-13(15)11-8-4-5-9-12(11)16-10-6-2-1-3-7-10;1-6(10)13-8-5-3-2-4-7(8)9(11)12/h1-9H,(H,14,15);2-5H,1H3,(H,11,12). The summed E-state index contributed by atoms with van der Waals surface area (Å²) in [5.74, 6) is -1.60. The molecule has 0 aromatic heterocycles. The van der Waals surface area contributed by atoms with Gasteiger partial charge in [-0.2, -0.15) is 0 Å². The molecule has 0 aliphatic rings. The summed E-state index contributed by atoms with van der Waals surface area (Å²) in [7, 11) is 0. The topological polar surface area (TPSA) is 110 Å². The minimum atomic E-state index is -1.11. The fraction of sp³-hybridized carbons (Fsp3) is 0.0455. The van der Waals surface area contributed by atoms with Gasteiger partial charge in [0.1, 0.15) is 28.4 Å². The summed E-state index contributed by atoms with van der Waals surface area (Å²) in [4.78, 5) is 32.1. The number of ether oxygens (including phenoxy) is 2. The lowest BCUT2D eigenvalue weighted by atomic mass is 10.2. The molecular weight excluding hydrogens is 376 g/mol. The highest BCUT2D eigenvalue weighted by Crippen LogP contribution is 2.24. The molecule has 148 valence electrons. The van der Waals surface area contributed by atoms with E-state index in [9.17, 15) is 14.4 Å². The van der Waals surface area contributed by atoms with Crippen LogP contribution in [0.4, 0.5) is 0 Å². The molecule has 0 aliphatic heterocycles. The third kappa shape index (κ3) is 6.51. The normalized spacial score (nSPS) is 9.55. The minimum Gasteiger partial charge on any atom is -0.478 e. The van der Waals surface area contributed by atoms with Crippen molar-refractivity contribution in [2.24, 2.45) is 0 Å². The van der Waals surface area contributed by atoms with E-state index < -0.39 is 17.9 Å². The molecule has 0 saturated carbocycles. The quantitative estimate of drug-likeness (QED) is 0.485. The molecule has 2 N–H and O–H groups in total. The number of benzene rings is 3. The first kappa shape index (κ1) is 21.2. The van der Waals surface area contributed by atoms with Crippen LogP contribution in [0.3, 0.4) is 0 Å². The highest BCUT2D eigenvalue weighted by atomic mass is 16.5. The molecule has 0 aliphatic carbocycles. The second kappa shape index (κ2) is 10.3. The first-order valence-electron chi connectivity index (χ1n) is 8.44. The van der Waals surface area contributed by atoms with Crippen LogP contribution in [0.2, 0.25) is 0 Å². The lowest BCUT2D eigenvalue weighted by molar-refractivity contribution is -0.131. The highest BCUT2D eigenvalue weighted by Gasteiger charge is 2.11. The SMILES string of the molecule is CC(=O)Oc1ccccc1C(=O)O.O=C(O)c1ccccc1Oc1ccccc1. The van der Waals surface area contributed by atoms with Gasteiger partial charge in [0.05, 0.1) is 0 Å². The number of rotatable bonds is 5. The highest BCUT2D eigenvalue weighted by molar-refractivity contribution is 5.92. The van der Waals surface area contributed by atoms with Crippen LogP contribution in [0, 0.1) is 0 Å². The van der Waals surface area contributed by atoms with E-state index in [4.69, 9.17) is 14.9 Å².